The number of halogens is 4. The van der Waals surface area contributed by atoms with Crippen LogP contribution >= 0.6 is 0 Å². The zero-order valence-electron chi connectivity index (χ0n) is 10.7. The first-order valence-electron chi connectivity index (χ1n) is 5.96. The summed E-state index contributed by atoms with van der Waals surface area (Å²) in [4.78, 5) is 4.81. The highest BCUT2D eigenvalue weighted by Crippen LogP contribution is 2.18. The molecule has 0 spiro atoms. The van der Waals surface area contributed by atoms with E-state index in [1.54, 1.807) is 0 Å². The largest absolute Gasteiger partial charge is 0.390 e. The van der Waals surface area contributed by atoms with Crippen molar-refractivity contribution in [2.45, 2.75) is 13.0 Å². The van der Waals surface area contributed by atoms with Crippen LogP contribution in [0, 0.1) is 11.6 Å². The van der Waals surface area contributed by atoms with Crippen LogP contribution in [0.25, 0.3) is 0 Å². The van der Waals surface area contributed by atoms with Gasteiger partial charge in [0.25, 0.3) is 6.43 Å². The third-order valence-corrected chi connectivity index (χ3v) is 2.61. The van der Waals surface area contributed by atoms with E-state index in [9.17, 15) is 17.6 Å². The van der Waals surface area contributed by atoms with Gasteiger partial charge in [-0.3, -0.25) is 0 Å². The average molecular weight is 296 g/mol. The van der Waals surface area contributed by atoms with Gasteiger partial charge in [0, 0.05) is 22.8 Å². The van der Waals surface area contributed by atoms with E-state index in [2.05, 4.69) is 11.4 Å². The van der Waals surface area contributed by atoms with Crippen molar-refractivity contribution in [3.05, 3.63) is 70.8 Å². The summed E-state index contributed by atoms with van der Waals surface area (Å²) in [7, 11) is 0. The highest BCUT2D eigenvalue weighted by molar-refractivity contribution is 5.79. The molecule has 0 saturated heterocycles. The minimum atomic E-state index is -2.58. The molecule has 0 aliphatic rings. The van der Waals surface area contributed by atoms with E-state index < -0.39 is 18.1 Å². The molecule has 0 fully saturated rings. The third-order valence-electron chi connectivity index (χ3n) is 2.61. The molecule has 0 bridgehead atoms. The molecule has 2 rings (SSSR count). The van der Waals surface area contributed by atoms with Crippen molar-refractivity contribution in [3.8, 4) is 0 Å². The number of hydrogen-bond acceptors (Lipinski definition) is 2. The smallest absolute Gasteiger partial charge is 0.263 e. The lowest BCUT2D eigenvalue weighted by atomic mass is 10.1. The van der Waals surface area contributed by atoms with E-state index in [0.717, 1.165) is 12.1 Å². The maximum Gasteiger partial charge on any atom is 0.263 e. The van der Waals surface area contributed by atoms with Gasteiger partial charge in [0.15, 0.2) is 0 Å². The van der Waals surface area contributed by atoms with Crippen LogP contribution in [0.15, 0.2) is 47.6 Å². The second-order valence-corrected chi connectivity index (χ2v) is 4.14. The van der Waals surface area contributed by atoms with Crippen molar-refractivity contribution >= 4 is 6.21 Å². The Morgan fingerprint density at radius 2 is 1.90 bits per heavy atom. The third kappa shape index (κ3) is 4.30. The van der Waals surface area contributed by atoms with Crippen molar-refractivity contribution in [3.63, 3.8) is 0 Å². The van der Waals surface area contributed by atoms with Crippen molar-refractivity contribution in [2.75, 3.05) is 0 Å². The molecule has 1 radical (unpaired) electrons. The highest BCUT2D eigenvalue weighted by atomic mass is 19.3. The van der Waals surface area contributed by atoms with Crippen molar-refractivity contribution < 1.29 is 22.4 Å². The van der Waals surface area contributed by atoms with Crippen molar-refractivity contribution in [2.24, 2.45) is 5.16 Å². The van der Waals surface area contributed by atoms with Gasteiger partial charge < -0.3 is 4.84 Å². The highest BCUT2D eigenvalue weighted by Gasteiger charge is 2.06. The first kappa shape index (κ1) is 15.0. The molecule has 0 N–H and O–H groups in total. The number of rotatable bonds is 5. The average Bonchev–Trinajstić information content (AvgIpc) is 2.45. The zero-order valence-corrected chi connectivity index (χ0v) is 10.7. The first-order chi connectivity index (χ1) is 10.1. The summed E-state index contributed by atoms with van der Waals surface area (Å²) in [5.74, 6) is -1.43. The maximum atomic E-state index is 13.3. The fourth-order valence-corrected chi connectivity index (χ4v) is 1.57. The Hall–Kier alpha value is -2.37. The van der Waals surface area contributed by atoms with Crippen LogP contribution in [-0.4, -0.2) is 6.21 Å². The quantitative estimate of drug-likeness (QED) is 0.457. The molecule has 0 aromatic heterocycles. The lowest BCUT2D eigenvalue weighted by Crippen LogP contribution is -1.94. The molecule has 0 amide bonds. The Labute approximate surface area is 118 Å². The normalized spacial score (nSPS) is 11.3. The van der Waals surface area contributed by atoms with Crippen LogP contribution in [0.3, 0.4) is 0 Å². The Morgan fingerprint density at radius 1 is 1.10 bits per heavy atom. The topological polar surface area (TPSA) is 21.6 Å². The summed E-state index contributed by atoms with van der Waals surface area (Å²) in [6, 6.07) is 8.54. The van der Waals surface area contributed by atoms with Gasteiger partial charge in [0.05, 0.1) is 0 Å². The number of nitrogens with zero attached hydrogens (tertiary/aromatic N) is 1. The summed E-state index contributed by atoms with van der Waals surface area (Å²) in [6.07, 6.45) is -0.168. The number of hydrogen-bond donors (Lipinski definition) is 0. The lowest BCUT2D eigenvalue weighted by Gasteiger charge is -2.02. The monoisotopic (exact) mass is 296 g/mol. The van der Waals surface area contributed by atoms with E-state index >= 15 is 0 Å². The molecular formula is C15H10F4NO. The van der Waals surface area contributed by atoms with Gasteiger partial charge in [0.2, 0.25) is 0 Å². The minimum absolute atomic E-state index is 0.128. The lowest BCUT2D eigenvalue weighted by molar-refractivity contribution is 0.129. The fourth-order valence-electron chi connectivity index (χ4n) is 1.57. The van der Waals surface area contributed by atoms with Gasteiger partial charge in [-0.15, -0.1) is 0 Å². The van der Waals surface area contributed by atoms with Crippen LogP contribution in [0.1, 0.15) is 23.1 Å². The second-order valence-electron chi connectivity index (χ2n) is 4.14. The number of alkyl halides is 2. The molecule has 0 heterocycles. The minimum Gasteiger partial charge on any atom is -0.390 e. The van der Waals surface area contributed by atoms with Gasteiger partial charge in [-0.2, -0.15) is 0 Å². The number of benzene rings is 2. The van der Waals surface area contributed by atoms with Gasteiger partial charge in [-0.1, -0.05) is 23.4 Å². The Kier molecular flexibility index (Phi) is 4.92. The van der Waals surface area contributed by atoms with Crippen LogP contribution in [0.2, 0.25) is 0 Å². The van der Waals surface area contributed by atoms with E-state index in [-0.39, 0.29) is 17.7 Å². The fraction of sp³-hybridized carbons (Fsp3) is 0.133. The van der Waals surface area contributed by atoms with E-state index in [4.69, 9.17) is 4.84 Å². The SMILES string of the molecule is Fc1ccc(CO/N=[C]\c2cccc(C(F)F)c2)c(F)c1. The van der Waals surface area contributed by atoms with Gasteiger partial charge >= 0.3 is 0 Å². The van der Waals surface area contributed by atoms with Crippen LogP contribution < -0.4 is 0 Å². The molecule has 109 valence electrons. The summed E-state index contributed by atoms with van der Waals surface area (Å²) in [5.41, 5.74) is 0.287. The Morgan fingerprint density at radius 3 is 2.62 bits per heavy atom. The van der Waals surface area contributed by atoms with Crippen LogP contribution in [0.4, 0.5) is 17.6 Å². The maximum absolute atomic E-state index is 13.3. The van der Waals surface area contributed by atoms with Crippen LogP contribution in [-0.2, 0) is 11.4 Å². The molecule has 0 saturated carbocycles. The molecule has 21 heavy (non-hydrogen) atoms. The van der Waals surface area contributed by atoms with Gasteiger partial charge in [0.1, 0.15) is 24.5 Å². The van der Waals surface area contributed by atoms with Crippen LogP contribution in [0.5, 0.6) is 0 Å². The molecule has 2 aromatic carbocycles. The van der Waals surface area contributed by atoms with E-state index in [1.807, 2.05) is 0 Å². The van der Waals surface area contributed by atoms with Gasteiger partial charge in [-0.25, -0.2) is 17.6 Å². The molecule has 2 nitrogen and oxygen atoms in total. The molecule has 6 heteroatoms. The van der Waals surface area contributed by atoms with Crippen molar-refractivity contribution in [1.29, 1.82) is 0 Å². The zero-order chi connectivity index (χ0) is 15.2. The molecule has 0 aliphatic heterocycles. The Balaban J connectivity index is 1.95. The summed E-state index contributed by atoms with van der Waals surface area (Å²) >= 11 is 0. The van der Waals surface area contributed by atoms with Gasteiger partial charge in [-0.05, 0) is 18.2 Å². The standard InChI is InChI=1S/C15H10F4NO/c16-13-5-4-12(14(17)7-13)9-21-20-8-10-2-1-3-11(6-10)15(18)19/h1-7,15H,9H2. The predicted octanol–water partition coefficient (Wildman–Crippen LogP) is 4.33. The molecule has 0 atom stereocenters. The summed E-state index contributed by atoms with van der Waals surface area (Å²) in [5, 5.41) is 3.45. The Bertz CT molecular complexity index is 643. The molecule has 0 aliphatic carbocycles. The molecule has 2 aromatic rings. The summed E-state index contributed by atoms with van der Waals surface area (Å²) < 4.78 is 50.9. The van der Waals surface area contributed by atoms with E-state index in [1.165, 1.54) is 30.3 Å². The first-order valence-corrected chi connectivity index (χ1v) is 5.96. The predicted molar refractivity (Wildman–Crippen MR) is 69.1 cm³/mol. The second kappa shape index (κ2) is 6.88. The molecule has 0 unspecified atom stereocenters. The summed E-state index contributed by atoms with van der Waals surface area (Å²) in [6.45, 7) is -0.215. The molecular weight excluding hydrogens is 286 g/mol. The van der Waals surface area contributed by atoms with E-state index in [0.29, 0.717) is 5.56 Å². The van der Waals surface area contributed by atoms with Crippen molar-refractivity contribution in [1.82, 2.24) is 0 Å².